The molecule has 143 heavy (non-hydrogen) atoms. The molecule has 0 bridgehead atoms. The van der Waals surface area contributed by atoms with Crippen molar-refractivity contribution in [3.8, 4) is 122 Å². The molecule has 0 aliphatic rings. The van der Waals surface area contributed by atoms with Crippen molar-refractivity contribution in [3.05, 3.63) is 569 Å². The van der Waals surface area contributed by atoms with Crippen molar-refractivity contribution in [3.63, 3.8) is 0 Å². The molecule has 0 spiro atoms. The van der Waals surface area contributed by atoms with Crippen LogP contribution in [-0.2, 0) is 0 Å². The Hall–Kier alpha value is -18.5. The Morgan fingerprint density at radius 3 is 0.965 bits per heavy atom. The SMILES string of the molecule is [2H]c1c([2H])c(-c2c3c([2H])c([2H])c([2H])c([2H])c3c(-c3c([2H])c([2H])c4c([2H])c([2H])c([2H])c([2H])c4c3[2H])c3c([2H])c([2H])c([2H])c([2H])c23)c([2H])c(-c2c([2H])c([2H])c([2H])c3c([2H])c([2H])c([2H])c([2H])c23)c1C.[2H]c1c([2H])c([2H])c2c(-c3c4ccccc4c(-c4ccc5ccccc5c4)c4ccccc34)c([2H])c([2H])c([2H])c2c1[2H].c1ccc(-c2c3ccccc3c(-c3ccccc3-c3cccc4ccccc34)c3ccccc23)cc1.c1ccc(-c2ccc3c(-c4ccccc4)c4ccccc4c(-c4ccccc4)c3c2)cc1. The van der Waals surface area contributed by atoms with E-state index in [1.165, 1.54) is 128 Å². The van der Waals surface area contributed by atoms with Gasteiger partial charge in [-0.3, -0.25) is 0 Å². The lowest BCUT2D eigenvalue weighted by atomic mass is 9.83. The lowest BCUT2D eigenvalue weighted by Gasteiger charge is -2.20. The molecule has 28 rings (SSSR count). The molecular weight excluding hydrogens is 1720 g/mol. The fourth-order valence-electron chi connectivity index (χ4n) is 20.5. The number of hydrogen-bond donors (Lipinski definition) is 0. The minimum Gasteiger partial charge on any atom is -0.0622 e. The molecule has 0 radical (unpaired) electrons. The second kappa shape index (κ2) is 37.8. The summed E-state index contributed by atoms with van der Waals surface area (Å²) < 4.78 is 283. The molecule has 0 atom stereocenters. The van der Waals surface area contributed by atoms with Crippen LogP contribution in [0.5, 0.6) is 0 Å². The van der Waals surface area contributed by atoms with Crippen molar-refractivity contribution in [2.45, 2.75) is 6.92 Å². The van der Waals surface area contributed by atoms with Gasteiger partial charge in [-0.2, -0.15) is 0 Å². The van der Waals surface area contributed by atoms with Crippen molar-refractivity contribution in [1.29, 1.82) is 0 Å². The third kappa shape index (κ3) is 15.9. The van der Waals surface area contributed by atoms with Crippen LogP contribution < -0.4 is 0 Å². The normalized spacial score (nSPS) is 14.5. The first kappa shape index (κ1) is 58.3. The monoisotopic (exact) mass is 1840 g/mol. The largest absolute Gasteiger partial charge is 0.0636 e. The average molecular weight is 1850 g/mol. The lowest BCUT2D eigenvalue weighted by Crippen LogP contribution is -1.93. The van der Waals surface area contributed by atoms with Crippen LogP contribution in [0.25, 0.3) is 262 Å². The third-order valence-electron chi connectivity index (χ3n) is 26.7. The summed E-state index contributed by atoms with van der Waals surface area (Å²) in [7, 11) is 0. The number of benzene rings is 28. The van der Waals surface area contributed by atoms with E-state index in [-0.39, 0.29) is 52.1 Å². The van der Waals surface area contributed by atoms with Crippen LogP contribution in [0.15, 0.2) is 563 Å². The summed E-state index contributed by atoms with van der Waals surface area (Å²) in [6.07, 6.45) is 0. The Morgan fingerprint density at radius 1 is 0.126 bits per heavy atom. The predicted molar refractivity (Wildman–Crippen MR) is 618 cm³/mol. The van der Waals surface area contributed by atoms with E-state index >= 15 is 0 Å². The molecule has 0 nitrogen and oxygen atoms in total. The van der Waals surface area contributed by atoms with Crippen molar-refractivity contribution in [2.24, 2.45) is 0 Å². The summed E-state index contributed by atoms with van der Waals surface area (Å²) in [6.45, 7) is 1.24. The van der Waals surface area contributed by atoms with Gasteiger partial charge in [-0.15, -0.1) is 0 Å². The maximum Gasteiger partial charge on any atom is 0.0636 e. The number of fused-ring (bicyclic) bond motifs is 13. The van der Waals surface area contributed by atoms with Gasteiger partial charge in [0, 0.05) is 0 Å². The second-order valence-electron chi connectivity index (χ2n) is 34.8. The van der Waals surface area contributed by atoms with Gasteiger partial charge in [0.05, 0.1) is 43.9 Å². The first-order valence-corrected chi connectivity index (χ1v) is 47.0. The van der Waals surface area contributed by atoms with Gasteiger partial charge in [-0.05, 0) is 299 Å². The molecule has 668 valence electrons. The summed E-state index contributed by atoms with van der Waals surface area (Å²) >= 11 is 0. The van der Waals surface area contributed by atoms with Crippen LogP contribution in [0.1, 0.15) is 49.4 Å². The summed E-state index contributed by atoms with van der Waals surface area (Å²) in [5.74, 6) is 0. The molecule has 0 aliphatic carbocycles. The zero-order valence-corrected chi connectivity index (χ0v) is 76.7. The van der Waals surface area contributed by atoms with E-state index in [1.807, 2.05) is 60.7 Å². The fraction of sp³-hybridized carbons (Fsp3) is 0.00699. The van der Waals surface area contributed by atoms with E-state index in [2.05, 4.69) is 309 Å². The molecule has 28 aromatic rings. The number of rotatable bonds is 11. The third-order valence-corrected chi connectivity index (χ3v) is 26.7. The first-order chi connectivity index (χ1) is 84.3. The highest BCUT2D eigenvalue weighted by atomic mass is 14.3. The summed E-state index contributed by atoms with van der Waals surface area (Å²) in [5.41, 5.74) is 14.0. The van der Waals surface area contributed by atoms with Gasteiger partial charge in [-0.1, -0.05) is 539 Å². The van der Waals surface area contributed by atoms with Crippen LogP contribution in [0.2, 0.25) is 0 Å². The van der Waals surface area contributed by atoms with Gasteiger partial charge in [-0.25, -0.2) is 0 Å². The van der Waals surface area contributed by atoms with Crippen LogP contribution >= 0.6 is 0 Å². The maximum absolute atomic E-state index is 9.86. The van der Waals surface area contributed by atoms with Crippen molar-refractivity contribution >= 4 is 140 Å². The molecule has 0 saturated carbocycles. The van der Waals surface area contributed by atoms with Gasteiger partial charge in [0.25, 0.3) is 0 Å². The van der Waals surface area contributed by atoms with Gasteiger partial charge in [0.2, 0.25) is 0 Å². The van der Waals surface area contributed by atoms with Crippen molar-refractivity contribution in [1.82, 2.24) is 0 Å². The quantitative estimate of drug-likeness (QED) is 0.113. The minimum atomic E-state index is -0.956. The Bertz CT molecular complexity index is 11700. The highest BCUT2D eigenvalue weighted by molar-refractivity contribution is 6.28. The van der Waals surface area contributed by atoms with Crippen molar-refractivity contribution in [2.75, 3.05) is 0 Å². The number of hydrogen-bond acceptors (Lipinski definition) is 0. The Kier molecular flexibility index (Phi) is 15.4. The van der Waals surface area contributed by atoms with E-state index in [0.29, 0.717) is 5.56 Å². The first-order valence-electron chi connectivity index (χ1n) is 63.0. The standard InChI is InChI=1S/C41H28.C36H24.C34H22.C32H22/c1-27-21-22-32(26-39(27)34-20-10-14-29-12-4-5-15-33(29)34)41-37-18-8-6-16-35(37)40(36-17-7-9-19-38(36)41)31-24-23-28-11-2-3-13-30(28)25-31;1-2-14-26(15-3-1)35-31-20-8-10-22-33(31)36(34-23-11-9-21-32(34)35)30-19-7-6-18-29(30)28-24-12-16-25-13-4-5-17-27(25)28;1-2-12-25-22-26(21-20-23(25)10-1)33-29-15-5-7-17-31(29)34(32-18-8-6-16-30(32)33)28-19-9-13-24-11-3-4-14-27(24)28;1-4-12-23(13-5-1)26-20-21-29-30(22-26)32(25-16-8-3-9-17-25)28-19-11-10-18-27(28)31(29)24-14-6-2-7-15-24/h2-26H,1H3;1-24H;1-22H;1-22H/i2D,3D,4D,5D,6D,7D,8D,9D,10D,11D,12D,13D,14D,15D,16D,17D,18D,19D,20D,21D,22D,23D,24D,25D,26D;;3D,4D,9D,11D,13D,14D,19D;. The summed E-state index contributed by atoms with van der Waals surface area (Å²) in [4.78, 5) is 0. The highest BCUT2D eigenvalue weighted by Crippen LogP contribution is 2.53. The van der Waals surface area contributed by atoms with E-state index in [4.69, 9.17) is 31.5 Å². The summed E-state index contributed by atoms with van der Waals surface area (Å²) in [6, 6.07) is 107. The molecule has 0 saturated heterocycles. The molecule has 0 aliphatic heterocycles. The Labute approximate surface area is 877 Å². The smallest absolute Gasteiger partial charge is 0.0622 e. The highest BCUT2D eigenvalue weighted by Gasteiger charge is 2.25. The molecule has 0 heterocycles. The van der Waals surface area contributed by atoms with E-state index in [0.717, 1.165) is 43.4 Å². The van der Waals surface area contributed by atoms with Gasteiger partial charge >= 0.3 is 0 Å². The van der Waals surface area contributed by atoms with Crippen LogP contribution in [-0.4, -0.2) is 0 Å². The minimum absolute atomic E-state index is 0.0428. The van der Waals surface area contributed by atoms with E-state index in [9.17, 15) is 12.3 Å². The van der Waals surface area contributed by atoms with Crippen LogP contribution in [0.3, 0.4) is 0 Å². The average Bonchev–Trinajstić information content (AvgIpc) is 0.599. The molecular formula is C143H96. The molecule has 28 aromatic carbocycles. The topological polar surface area (TPSA) is 0 Å². The lowest BCUT2D eigenvalue weighted by molar-refractivity contribution is 1.47. The molecule has 0 aromatic heterocycles. The second-order valence-corrected chi connectivity index (χ2v) is 34.8. The zero-order valence-electron chi connectivity index (χ0n) is 109. The maximum atomic E-state index is 9.86. The Morgan fingerprint density at radius 2 is 0.455 bits per heavy atom. The van der Waals surface area contributed by atoms with Gasteiger partial charge in [0.15, 0.2) is 0 Å². The van der Waals surface area contributed by atoms with Crippen LogP contribution in [0.4, 0.5) is 0 Å². The predicted octanol–water partition coefficient (Wildman–Crippen LogP) is 40.4. The molecule has 0 unspecified atom stereocenters. The molecule has 0 heteroatoms. The van der Waals surface area contributed by atoms with Gasteiger partial charge < -0.3 is 0 Å². The van der Waals surface area contributed by atoms with E-state index in [1.54, 1.807) is 0 Å². The summed E-state index contributed by atoms with van der Waals surface area (Å²) in [5, 5.41) is 13.6. The van der Waals surface area contributed by atoms with Crippen molar-refractivity contribution < 1.29 is 43.9 Å². The molecule has 0 fully saturated rings. The van der Waals surface area contributed by atoms with E-state index < -0.39 is 240 Å². The zero-order chi connectivity index (χ0) is 123. The molecule has 0 amide bonds. The Balaban J connectivity index is 0.000000121. The van der Waals surface area contributed by atoms with Gasteiger partial charge in [0.1, 0.15) is 0 Å². The fourth-order valence-corrected chi connectivity index (χ4v) is 20.5. The van der Waals surface area contributed by atoms with Crippen LogP contribution in [0, 0.1) is 6.92 Å². The molecule has 0 N–H and O–H groups in total.